The van der Waals surface area contributed by atoms with Crippen LogP contribution in [0.2, 0.25) is 5.02 Å². The van der Waals surface area contributed by atoms with Crippen LogP contribution in [0.15, 0.2) is 63.1 Å². The highest BCUT2D eigenvalue weighted by molar-refractivity contribution is 6.30. The number of rotatable bonds is 10. The van der Waals surface area contributed by atoms with Gasteiger partial charge in [-0.1, -0.05) is 23.7 Å². The number of hydrogen-bond acceptors (Lipinski definition) is 6. The third-order valence-electron chi connectivity index (χ3n) is 6.71. The minimum absolute atomic E-state index is 0.0477. The van der Waals surface area contributed by atoms with E-state index in [1.807, 2.05) is 12.1 Å². The Hall–Kier alpha value is -3.59. The number of benzene rings is 2. The average molecular weight is 525 g/mol. The molecule has 1 N–H and O–H groups in total. The molecule has 10 heteroatoms. The fraction of sp³-hybridized carbons (Fsp3) is 0.407. The molecule has 0 saturated heterocycles. The molecular formula is C27H29ClN4O5. The fourth-order valence-corrected chi connectivity index (χ4v) is 4.22. The van der Waals surface area contributed by atoms with Crippen LogP contribution in [0.3, 0.4) is 0 Å². The summed E-state index contributed by atoms with van der Waals surface area (Å²) in [6.07, 6.45) is 3.55. The Labute approximate surface area is 218 Å². The molecule has 0 bridgehead atoms. The van der Waals surface area contributed by atoms with Gasteiger partial charge in [-0.3, -0.25) is 14.3 Å². The van der Waals surface area contributed by atoms with Crippen molar-refractivity contribution in [2.24, 2.45) is 16.3 Å². The summed E-state index contributed by atoms with van der Waals surface area (Å²) in [6.45, 7) is 2.78. The highest BCUT2D eigenvalue weighted by Crippen LogP contribution is 2.47. The van der Waals surface area contributed by atoms with E-state index >= 15 is 0 Å². The largest absolute Gasteiger partial charge is 0.493 e. The molecule has 2 saturated carbocycles. The topological polar surface area (TPSA) is 108 Å². The first-order valence-electron chi connectivity index (χ1n) is 12.5. The van der Waals surface area contributed by atoms with Crippen molar-refractivity contribution in [1.82, 2.24) is 14.1 Å². The van der Waals surface area contributed by atoms with Crippen LogP contribution in [-0.2, 0) is 22.6 Å². The number of nitrogens with zero attached hydrogens (tertiary/aromatic N) is 3. The molecule has 0 spiro atoms. The van der Waals surface area contributed by atoms with Gasteiger partial charge in [0.15, 0.2) is 0 Å². The number of carbonyl (C=O) groups is 1. The lowest BCUT2D eigenvalue weighted by molar-refractivity contribution is -0.150. The normalized spacial score (nSPS) is 16.4. The second kappa shape index (κ2) is 10.4. The predicted octanol–water partition coefficient (Wildman–Crippen LogP) is 3.40. The van der Waals surface area contributed by atoms with Gasteiger partial charge in [0, 0.05) is 11.6 Å². The lowest BCUT2D eigenvalue weighted by Crippen LogP contribution is -2.51. The SMILES string of the molecule is CCOC(=O)C1(Cn2c(=O)[nH]/c(=N\c3ccc(OCC4CC4)cc3)n(Cc3ccc(Cl)cc3)c2=O)CC1. The number of nitrogens with one attached hydrogen (secondary N) is 1. The number of carbonyl (C=O) groups excluding carboxylic acids is 1. The maximum atomic E-state index is 13.6. The minimum atomic E-state index is -0.847. The monoisotopic (exact) mass is 524 g/mol. The van der Waals surface area contributed by atoms with E-state index in [-0.39, 0.29) is 31.3 Å². The molecule has 5 rings (SSSR count). The molecule has 3 aromatic rings. The van der Waals surface area contributed by atoms with Crippen molar-refractivity contribution < 1.29 is 14.3 Å². The molecule has 0 radical (unpaired) electrons. The quantitative estimate of drug-likeness (QED) is 0.409. The van der Waals surface area contributed by atoms with Gasteiger partial charge in [0.25, 0.3) is 0 Å². The number of H-pyrrole nitrogens is 1. The summed E-state index contributed by atoms with van der Waals surface area (Å²) in [5.41, 5.74) is -0.569. The van der Waals surface area contributed by atoms with Crippen LogP contribution in [0.25, 0.3) is 0 Å². The summed E-state index contributed by atoms with van der Waals surface area (Å²) in [6, 6.07) is 14.3. The van der Waals surface area contributed by atoms with Gasteiger partial charge in [0.1, 0.15) is 5.75 Å². The molecule has 1 heterocycles. The zero-order chi connectivity index (χ0) is 26.0. The molecule has 2 aromatic carbocycles. The third kappa shape index (κ3) is 5.88. The summed E-state index contributed by atoms with van der Waals surface area (Å²) in [5.74, 6) is 1.01. The van der Waals surface area contributed by atoms with Crippen LogP contribution in [0.4, 0.5) is 5.69 Å². The molecule has 2 aliphatic rings. The highest BCUT2D eigenvalue weighted by atomic mass is 35.5. The van der Waals surface area contributed by atoms with E-state index in [0.29, 0.717) is 36.1 Å². The van der Waals surface area contributed by atoms with Gasteiger partial charge < -0.3 is 9.47 Å². The Balaban J connectivity index is 1.52. The van der Waals surface area contributed by atoms with Crippen molar-refractivity contribution in [2.45, 2.75) is 45.7 Å². The molecule has 0 unspecified atom stereocenters. The summed E-state index contributed by atoms with van der Waals surface area (Å²) < 4.78 is 13.4. The van der Waals surface area contributed by atoms with E-state index in [9.17, 15) is 14.4 Å². The van der Waals surface area contributed by atoms with E-state index in [1.165, 1.54) is 17.4 Å². The Bertz CT molecular complexity index is 1460. The first-order chi connectivity index (χ1) is 17.9. The zero-order valence-corrected chi connectivity index (χ0v) is 21.4. The summed E-state index contributed by atoms with van der Waals surface area (Å²) in [7, 11) is 0. The molecule has 37 heavy (non-hydrogen) atoms. The van der Waals surface area contributed by atoms with Crippen LogP contribution in [0.5, 0.6) is 5.75 Å². The van der Waals surface area contributed by atoms with Crippen LogP contribution >= 0.6 is 11.6 Å². The number of ether oxygens (including phenoxy) is 2. The second-order valence-electron chi connectivity index (χ2n) is 9.70. The van der Waals surface area contributed by atoms with Gasteiger partial charge in [-0.2, -0.15) is 0 Å². The predicted molar refractivity (Wildman–Crippen MR) is 138 cm³/mol. The molecule has 0 atom stereocenters. The van der Waals surface area contributed by atoms with Crippen LogP contribution < -0.4 is 21.7 Å². The lowest BCUT2D eigenvalue weighted by Gasteiger charge is -2.16. The Morgan fingerprint density at radius 3 is 2.41 bits per heavy atom. The highest BCUT2D eigenvalue weighted by Gasteiger charge is 2.52. The lowest BCUT2D eigenvalue weighted by atomic mass is 10.1. The second-order valence-corrected chi connectivity index (χ2v) is 10.1. The molecule has 2 aliphatic carbocycles. The van der Waals surface area contributed by atoms with Crippen molar-refractivity contribution in [2.75, 3.05) is 13.2 Å². The zero-order valence-electron chi connectivity index (χ0n) is 20.6. The van der Waals surface area contributed by atoms with Crippen molar-refractivity contribution >= 4 is 23.3 Å². The Kier molecular flexibility index (Phi) is 7.06. The van der Waals surface area contributed by atoms with Crippen molar-refractivity contribution in [3.8, 4) is 5.75 Å². The van der Waals surface area contributed by atoms with Crippen molar-refractivity contribution in [1.29, 1.82) is 0 Å². The average Bonchev–Trinajstić information content (AvgIpc) is 3.81. The maximum absolute atomic E-state index is 13.6. The molecule has 0 aliphatic heterocycles. The standard InChI is InChI=1S/C27H29ClN4O5/c1-2-36-23(33)27(13-14-27)17-32-25(34)30-24(31(26(32)35)15-18-5-7-20(28)8-6-18)29-21-9-11-22(12-10-21)37-16-19-3-4-19/h5-12,19H,2-4,13-17H2,1H3,(H,29,30,34). The number of aromatic nitrogens is 3. The van der Waals surface area contributed by atoms with Crippen molar-refractivity contribution in [3.05, 3.63) is 85.7 Å². The van der Waals surface area contributed by atoms with Gasteiger partial charge in [-0.05, 0) is 80.5 Å². The van der Waals surface area contributed by atoms with Gasteiger partial charge in [0.2, 0.25) is 5.62 Å². The third-order valence-corrected chi connectivity index (χ3v) is 6.96. The van der Waals surface area contributed by atoms with Crippen LogP contribution in [0.1, 0.15) is 38.2 Å². The molecular weight excluding hydrogens is 496 g/mol. The molecule has 194 valence electrons. The molecule has 0 amide bonds. The summed E-state index contributed by atoms with van der Waals surface area (Å²) in [5, 5.41) is 0.576. The number of halogens is 1. The Morgan fingerprint density at radius 2 is 1.78 bits per heavy atom. The number of esters is 1. The first-order valence-corrected chi connectivity index (χ1v) is 12.9. The van der Waals surface area contributed by atoms with Gasteiger partial charge in [-0.25, -0.2) is 19.1 Å². The summed E-state index contributed by atoms with van der Waals surface area (Å²) in [4.78, 5) is 46.4. The maximum Gasteiger partial charge on any atom is 0.335 e. The van der Waals surface area contributed by atoms with Gasteiger partial charge in [-0.15, -0.1) is 0 Å². The van der Waals surface area contributed by atoms with E-state index in [0.717, 1.165) is 15.9 Å². The van der Waals surface area contributed by atoms with E-state index in [1.54, 1.807) is 43.3 Å². The Morgan fingerprint density at radius 1 is 1.08 bits per heavy atom. The van der Waals surface area contributed by atoms with Crippen LogP contribution in [-0.4, -0.2) is 33.3 Å². The molecule has 2 fully saturated rings. The fourth-order valence-electron chi connectivity index (χ4n) is 4.10. The summed E-state index contributed by atoms with van der Waals surface area (Å²) >= 11 is 6.03. The number of aromatic amines is 1. The van der Waals surface area contributed by atoms with Crippen LogP contribution in [0, 0.1) is 11.3 Å². The van der Waals surface area contributed by atoms with E-state index in [2.05, 4.69) is 9.98 Å². The van der Waals surface area contributed by atoms with Gasteiger partial charge in [0.05, 0.1) is 30.9 Å². The number of hydrogen-bond donors (Lipinski definition) is 1. The smallest absolute Gasteiger partial charge is 0.335 e. The van der Waals surface area contributed by atoms with Gasteiger partial charge >= 0.3 is 17.3 Å². The molecule has 9 nitrogen and oxygen atoms in total. The van der Waals surface area contributed by atoms with E-state index < -0.39 is 16.8 Å². The minimum Gasteiger partial charge on any atom is -0.493 e. The first kappa shape index (κ1) is 25.1. The van der Waals surface area contributed by atoms with E-state index in [4.69, 9.17) is 21.1 Å². The molecule has 1 aromatic heterocycles. The van der Waals surface area contributed by atoms with Crippen molar-refractivity contribution in [3.63, 3.8) is 0 Å².